The molecule has 0 N–H and O–H groups in total. The number of hydrogen-bond acceptors (Lipinski definition) is 5. The lowest BCUT2D eigenvalue weighted by molar-refractivity contribution is 0.0916. The maximum atomic E-state index is 5.79. The fourth-order valence-corrected chi connectivity index (χ4v) is 1.81. The predicted octanol–water partition coefficient (Wildman–Crippen LogP) is 2.77. The zero-order valence-electron chi connectivity index (χ0n) is 11.6. The highest BCUT2D eigenvalue weighted by atomic mass is 16.5. The lowest BCUT2D eigenvalue weighted by atomic mass is 10.1. The van der Waals surface area contributed by atoms with E-state index < -0.39 is 0 Å². The van der Waals surface area contributed by atoms with Gasteiger partial charge in [-0.15, -0.1) is 10.2 Å². The van der Waals surface area contributed by atoms with Crippen LogP contribution in [0.2, 0.25) is 0 Å². The third-order valence-electron chi connectivity index (χ3n) is 2.68. The van der Waals surface area contributed by atoms with E-state index in [1.165, 1.54) is 0 Å². The van der Waals surface area contributed by atoms with Crippen LogP contribution in [0.5, 0.6) is 5.75 Å². The Morgan fingerprint density at radius 1 is 1.26 bits per heavy atom. The largest absolute Gasteiger partial charge is 0.488 e. The van der Waals surface area contributed by atoms with Gasteiger partial charge >= 0.3 is 0 Å². The van der Waals surface area contributed by atoms with Gasteiger partial charge in [0.15, 0.2) is 0 Å². The van der Waals surface area contributed by atoms with Crippen LogP contribution >= 0.6 is 0 Å². The first-order valence-corrected chi connectivity index (χ1v) is 6.17. The van der Waals surface area contributed by atoms with E-state index in [0.29, 0.717) is 18.4 Å². The van der Waals surface area contributed by atoms with Crippen LogP contribution in [0.3, 0.4) is 0 Å². The van der Waals surface area contributed by atoms with Crippen molar-refractivity contribution in [2.45, 2.75) is 26.9 Å². The van der Waals surface area contributed by atoms with Gasteiger partial charge in [-0.3, -0.25) is 0 Å². The number of methoxy groups -OCH3 is 1. The summed E-state index contributed by atoms with van der Waals surface area (Å²) < 4.78 is 16.2. The van der Waals surface area contributed by atoms with Gasteiger partial charge in [-0.2, -0.15) is 0 Å². The summed E-state index contributed by atoms with van der Waals surface area (Å²) in [6, 6.07) is 5.80. The average molecular weight is 262 g/mol. The van der Waals surface area contributed by atoms with Crippen LogP contribution in [0.4, 0.5) is 0 Å². The van der Waals surface area contributed by atoms with E-state index in [-0.39, 0.29) is 6.10 Å². The number of benzene rings is 1. The molecule has 2 rings (SSSR count). The maximum absolute atomic E-state index is 5.79. The topological polar surface area (TPSA) is 57.4 Å². The molecule has 0 fully saturated rings. The highest BCUT2D eigenvalue weighted by molar-refractivity contribution is 5.56. The number of nitrogens with zero attached hydrogens (tertiary/aromatic N) is 2. The van der Waals surface area contributed by atoms with Gasteiger partial charge in [0.25, 0.3) is 0 Å². The fraction of sp³-hybridized carbons (Fsp3) is 0.429. The molecule has 0 saturated carbocycles. The second-order valence-electron chi connectivity index (χ2n) is 4.49. The fourth-order valence-electron chi connectivity index (χ4n) is 1.81. The van der Waals surface area contributed by atoms with E-state index in [1.807, 2.05) is 32.0 Å². The Hall–Kier alpha value is -1.88. The quantitative estimate of drug-likeness (QED) is 0.829. The van der Waals surface area contributed by atoms with Crippen LogP contribution in [-0.2, 0) is 4.74 Å². The van der Waals surface area contributed by atoms with Crippen molar-refractivity contribution in [3.8, 4) is 17.2 Å². The second-order valence-corrected chi connectivity index (χ2v) is 4.49. The number of ether oxygens (including phenoxy) is 2. The molecule has 0 unspecified atom stereocenters. The first-order valence-electron chi connectivity index (χ1n) is 6.17. The Labute approximate surface area is 112 Å². The first-order chi connectivity index (χ1) is 9.10. The maximum Gasteiger partial charge on any atom is 0.247 e. The van der Waals surface area contributed by atoms with Crippen molar-refractivity contribution < 1.29 is 13.9 Å². The number of aromatic nitrogens is 2. The number of aryl methyl sites for hydroxylation is 2. The van der Waals surface area contributed by atoms with Crippen molar-refractivity contribution in [3.63, 3.8) is 0 Å². The smallest absolute Gasteiger partial charge is 0.247 e. The monoisotopic (exact) mass is 262 g/mol. The summed E-state index contributed by atoms with van der Waals surface area (Å²) in [5.74, 6) is 1.92. The second kappa shape index (κ2) is 5.84. The molecule has 0 amide bonds. The van der Waals surface area contributed by atoms with Crippen LogP contribution in [0.25, 0.3) is 11.5 Å². The highest BCUT2D eigenvalue weighted by Gasteiger charge is 2.10. The molecule has 0 aliphatic heterocycles. The standard InChI is InChI=1S/C14H18N2O3/c1-9-7-12(14-16-15-11(3)19-14)5-6-13(9)18-10(2)8-17-4/h5-7,10H,8H2,1-4H3/t10-/m0/s1. The van der Waals surface area contributed by atoms with E-state index in [1.54, 1.807) is 14.0 Å². The highest BCUT2D eigenvalue weighted by Crippen LogP contribution is 2.26. The first kappa shape index (κ1) is 13.5. The van der Waals surface area contributed by atoms with Gasteiger partial charge in [-0.1, -0.05) is 0 Å². The Bertz CT molecular complexity index is 551. The Morgan fingerprint density at radius 3 is 2.63 bits per heavy atom. The molecule has 0 bridgehead atoms. The summed E-state index contributed by atoms with van der Waals surface area (Å²) in [4.78, 5) is 0. The van der Waals surface area contributed by atoms with Gasteiger partial charge in [0.1, 0.15) is 11.9 Å². The molecule has 2 aromatic rings. The van der Waals surface area contributed by atoms with Crippen LogP contribution < -0.4 is 4.74 Å². The van der Waals surface area contributed by atoms with Crippen molar-refractivity contribution in [2.75, 3.05) is 13.7 Å². The normalized spacial score (nSPS) is 12.4. The summed E-state index contributed by atoms with van der Waals surface area (Å²) in [6.45, 7) is 6.29. The molecule has 0 radical (unpaired) electrons. The van der Waals surface area contributed by atoms with Gasteiger partial charge in [0, 0.05) is 19.6 Å². The van der Waals surface area contributed by atoms with Crippen LogP contribution in [0.15, 0.2) is 22.6 Å². The van der Waals surface area contributed by atoms with Crippen molar-refractivity contribution in [2.24, 2.45) is 0 Å². The van der Waals surface area contributed by atoms with Crippen molar-refractivity contribution in [3.05, 3.63) is 29.7 Å². The summed E-state index contributed by atoms with van der Waals surface area (Å²) in [5.41, 5.74) is 1.92. The molecule has 1 atom stereocenters. The zero-order valence-corrected chi connectivity index (χ0v) is 11.6. The Kier molecular flexibility index (Phi) is 4.16. The molecule has 102 valence electrons. The third kappa shape index (κ3) is 3.32. The van der Waals surface area contributed by atoms with Crippen LogP contribution in [-0.4, -0.2) is 30.0 Å². The molecule has 19 heavy (non-hydrogen) atoms. The van der Waals surface area contributed by atoms with Crippen LogP contribution in [0.1, 0.15) is 18.4 Å². The average Bonchev–Trinajstić information content (AvgIpc) is 2.79. The number of rotatable bonds is 5. The Balaban J connectivity index is 2.17. The predicted molar refractivity (Wildman–Crippen MR) is 71.2 cm³/mol. The van der Waals surface area contributed by atoms with E-state index in [0.717, 1.165) is 16.9 Å². The molecule has 0 saturated heterocycles. The molecule has 1 aromatic carbocycles. The Morgan fingerprint density at radius 2 is 2.05 bits per heavy atom. The molecule has 0 aliphatic rings. The van der Waals surface area contributed by atoms with Crippen molar-refractivity contribution in [1.82, 2.24) is 10.2 Å². The minimum Gasteiger partial charge on any atom is -0.488 e. The lowest BCUT2D eigenvalue weighted by Gasteiger charge is -2.15. The van der Waals surface area contributed by atoms with Crippen LogP contribution in [0, 0.1) is 13.8 Å². The van der Waals surface area contributed by atoms with Gasteiger partial charge in [0.2, 0.25) is 11.8 Å². The third-order valence-corrected chi connectivity index (χ3v) is 2.68. The van der Waals surface area contributed by atoms with E-state index >= 15 is 0 Å². The zero-order chi connectivity index (χ0) is 13.8. The summed E-state index contributed by atoms with van der Waals surface area (Å²) in [5, 5.41) is 7.82. The summed E-state index contributed by atoms with van der Waals surface area (Å²) in [6.07, 6.45) is 0.0141. The van der Waals surface area contributed by atoms with Gasteiger partial charge in [0.05, 0.1) is 6.61 Å². The molecule has 5 nitrogen and oxygen atoms in total. The molecule has 5 heteroatoms. The summed E-state index contributed by atoms with van der Waals surface area (Å²) in [7, 11) is 1.66. The molecule has 1 aromatic heterocycles. The van der Waals surface area contributed by atoms with Crippen molar-refractivity contribution >= 4 is 0 Å². The number of hydrogen-bond donors (Lipinski definition) is 0. The minimum atomic E-state index is 0.0141. The van der Waals surface area contributed by atoms with Gasteiger partial charge in [-0.25, -0.2) is 0 Å². The van der Waals surface area contributed by atoms with E-state index in [9.17, 15) is 0 Å². The van der Waals surface area contributed by atoms with Crippen molar-refractivity contribution in [1.29, 1.82) is 0 Å². The van der Waals surface area contributed by atoms with Gasteiger partial charge < -0.3 is 13.9 Å². The van der Waals surface area contributed by atoms with Gasteiger partial charge in [-0.05, 0) is 37.6 Å². The molecule has 0 spiro atoms. The van der Waals surface area contributed by atoms with E-state index in [2.05, 4.69) is 10.2 Å². The van der Waals surface area contributed by atoms with E-state index in [4.69, 9.17) is 13.9 Å². The SMILES string of the molecule is COC[C@H](C)Oc1ccc(-c2nnc(C)o2)cc1C. The molecular formula is C14H18N2O3. The summed E-state index contributed by atoms with van der Waals surface area (Å²) >= 11 is 0. The molecule has 0 aliphatic carbocycles. The minimum absolute atomic E-state index is 0.0141. The lowest BCUT2D eigenvalue weighted by Crippen LogP contribution is -2.18. The molecule has 1 heterocycles. The molecular weight excluding hydrogens is 244 g/mol.